The van der Waals surface area contributed by atoms with E-state index < -0.39 is 0 Å². The van der Waals surface area contributed by atoms with Crippen molar-refractivity contribution >= 4 is 11.9 Å². The number of allylic oxidation sites excluding steroid dienone is 2. The Morgan fingerprint density at radius 1 is 0.931 bits per heavy atom. The van der Waals surface area contributed by atoms with Crippen LogP contribution >= 0.6 is 0 Å². The standard InChI is InChI=1S/C25H38O4/c1-22-12-8-19-24(3)11-5-10-23(2,17-29-21(27)7-6-20(26)28-4)18(24)9-13-25(19,16-22)15-14-22/h14-15,18-19H,5-13,16-17H2,1-4H3. The Hall–Kier alpha value is -1.32. The maximum atomic E-state index is 12.2. The van der Waals surface area contributed by atoms with Gasteiger partial charge in [-0.3, -0.25) is 9.59 Å². The lowest BCUT2D eigenvalue weighted by Gasteiger charge is -2.64. The smallest absolute Gasteiger partial charge is 0.306 e. The van der Waals surface area contributed by atoms with Crippen molar-refractivity contribution < 1.29 is 19.1 Å². The van der Waals surface area contributed by atoms with E-state index in [1.54, 1.807) is 0 Å². The van der Waals surface area contributed by atoms with E-state index in [-0.39, 0.29) is 30.2 Å². The Morgan fingerprint density at radius 2 is 1.66 bits per heavy atom. The summed E-state index contributed by atoms with van der Waals surface area (Å²) in [7, 11) is 1.35. The van der Waals surface area contributed by atoms with E-state index in [9.17, 15) is 9.59 Å². The maximum absolute atomic E-state index is 12.2. The van der Waals surface area contributed by atoms with E-state index in [0.29, 0.717) is 28.8 Å². The second kappa shape index (κ2) is 7.13. The largest absolute Gasteiger partial charge is 0.469 e. The van der Waals surface area contributed by atoms with E-state index >= 15 is 0 Å². The molecule has 0 aromatic rings. The van der Waals surface area contributed by atoms with Gasteiger partial charge in [-0.25, -0.2) is 0 Å². The van der Waals surface area contributed by atoms with Crippen LogP contribution in [0.4, 0.5) is 0 Å². The Bertz CT molecular complexity index is 714. The molecule has 1 spiro atoms. The molecule has 4 heteroatoms. The van der Waals surface area contributed by atoms with Crippen molar-refractivity contribution in [2.75, 3.05) is 13.7 Å². The molecule has 3 fully saturated rings. The number of rotatable bonds is 5. The first-order valence-electron chi connectivity index (χ1n) is 11.6. The number of ether oxygens (including phenoxy) is 2. The quantitative estimate of drug-likeness (QED) is 0.453. The zero-order valence-electron chi connectivity index (χ0n) is 18.7. The number of esters is 2. The van der Waals surface area contributed by atoms with Crippen LogP contribution in [0.25, 0.3) is 0 Å². The highest BCUT2D eigenvalue weighted by molar-refractivity contribution is 5.77. The zero-order valence-corrected chi connectivity index (χ0v) is 18.7. The molecule has 0 amide bonds. The SMILES string of the molecule is COC(=O)CCC(=O)OCC1(C)CCCC2(C)C1CCC13C=CC(C)(CCC12)C3. The van der Waals surface area contributed by atoms with Crippen LogP contribution in [0.1, 0.15) is 85.0 Å². The summed E-state index contributed by atoms with van der Waals surface area (Å²) in [4.78, 5) is 23.5. The predicted molar refractivity (Wildman–Crippen MR) is 112 cm³/mol. The van der Waals surface area contributed by atoms with Gasteiger partial charge in [-0.15, -0.1) is 0 Å². The van der Waals surface area contributed by atoms with E-state index in [1.807, 2.05) is 0 Å². The van der Waals surface area contributed by atoms with E-state index in [0.717, 1.165) is 12.3 Å². The molecule has 6 atom stereocenters. The van der Waals surface area contributed by atoms with Gasteiger partial charge in [-0.05, 0) is 73.0 Å². The Balaban J connectivity index is 1.47. The van der Waals surface area contributed by atoms with Crippen molar-refractivity contribution in [1.29, 1.82) is 0 Å². The lowest BCUT2D eigenvalue weighted by atomic mass is 9.40. The molecule has 0 aromatic carbocycles. The fourth-order valence-electron chi connectivity index (χ4n) is 8.06. The van der Waals surface area contributed by atoms with Gasteiger partial charge >= 0.3 is 11.9 Å². The van der Waals surface area contributed by atoms with Gasteiger partial charge in [0.1, 0.15) is 0 Å². The third kappa shape index (κ3) is 3.45. The molecule has 6 unspecified atom stereocenters. The molecular weight excluding hydrogens is 364 g/mol. The summed E-state index contributed by atoms with van der Waals surface area (Å²) >= 11 is 0. The molecule has 0 heterocycles. The normalized spacial score (nSPS) is 45.2. The number of fused-ring (bicyclic) bond motifs is 3. The average molecular weight is 403 g/mol. The van der Waals surface area contributed by atoms with Crippen LogP contribution in [0.3, 0.4) is 0 Å². The summed E-state index contributed by atoms with van der Waals surface area (Å²) in [6.07, 6.45) is 15.5. The molecule has 0 saturated heterocycles. The van der Waals surface area contributed by atoms with Gasteiger partial charge < -0.3 is 9.47 Å². The number of methoxy groups -OCH3 is 1. The van der Waals surface area contributed by atoms with Crippen LogP contribution < -0.4 is 0 Å². The van der Waals surface area contributed by atoms with Gasteiger partial charge in [0.05, 0.1) is 26.6 Å². The van der Waals surface area contributed by atoms with Crippen molar-refractivity contribution in [3.63, 3.8) is 0 Å². The van der Waals surface area contributed by atoms with Crippen LogP contribution in [0.2, 0.25) is 0 Å². The maximum Gasteiger partial charge on any atom is 0.306 e. The first kappa shape index (κ1) is 20.9. The molecule has 2 bridgehead atoms. The van der Waals surface area contributed by atoms with Gasteiger partial charge in [0.15, 0.2) is 0 Å². The summed E-state index contributed by atoms with van der Waals surface area (Å²) < 4.78 is 10.4. The molecule has 3 saturated carbocycles. The third-order valence-corrected chi connectivity index (χ3v) is 9.37. The van der Waals surface area contributed by atoms with Crippen molar-refractivity contribution in [2.24, 2.45) is 33.5 Å². The highest BCUT2D eigenvalue weighted by Gasteiger charge is 2.63. The summed E-state index contributed by atoms with van der Waals surface area (Å²) in [5.74, 6) is 0.731. The van der Waals surface area contributed by atoms with Crippen LogP contribution in [0.5, 0.6) is 0 Å². The minimum absolute atomic E-state index is 0.0403. The monoisotopic (exact) mass is 402 g/mol. The number of hydrogen-bond donors (Lipinski definition) is 0. The van der Waals surface area contributed by atoms with E-state index in [4.69, 9.17) is 4.74 Å². The Kier molecular flexibility index (Phi) is 5.15. The minimum Gasteiger partial charge on any atom is -0.469 e. The molecule has 29 heavy (non-hydrogen) atoms. The summed E-state index contributed by atoms with van der Waals surface area (Å²) in [6, 6.07) is 0. The van der Waals surface area contributed by atoms with Crippen LogP contribution in [0, 0.1) is 33.5 Å². The average Bonchev–Trinajstić information content (AvgIpc) is 2.93. The van der Waals surface area contributed by atoms with Crippen LogP contribution in [0.15, 0.2) is 12.2 Å². The number of carbonyl (C=O) groups excluding carboxylic acids is 2. The predicted octanol–water partition coefficient (Wildman–Crippen LogP) is 5.45. The van der Waals surface area contributed by atoms with Gasteiger partial charge in [-0.2, -0.15) is 0 Å². The lowest BCUT2D eigenvalue weighted by Crippen LogP contribution is -2.58. The van der Waals surface area contributed by atoms with Gasteiger partial charge in [0.25, 0.3) is 0 Å². The Labute approximate surface area is 175 Å². The molecule has 0 aliphatic heterocycles. The highest BCUT2D eigenvalue weighted by Crippen LogP contribution is 2.71. The van der Waals surface area contributed by atoms with Gasteiger partial charge in [-0.1, -0.05) is 39.3 Å². The molecule has 0 radical (unpaired) electrons. The first-order valence-corrected chi connectivity index (χ1v) is 11.6. The van der Waals surface area contributed by atoms with Crippen molar-refractivity contribution in [3.8, 4) is 0 Å². The number of hydrogen-bond acceptors (Lipinski definition) is 4. The molecular formula is C25H38O4. The molecule has 4 nitrogen and oxygen atoms in total. The van der Waals surface area contributed by atoms with Gasteiger partial charge in [0, 0.05) is 5.41 Å². The summed E-state index contributed by atoms with van der Waals surface area (Å²) in [5.41, 5.74) is 1.21. The van der Waals surface area contributed by atoms with Gasteiger partial charge in [0.2, 0.25) is 0 Å². The molecule has 4 rings (SSSR count). The minimum atomic E-state index is -0.357. The summed E-state index contributed by atoms with van der Waals surface area (Å²) in [5, 5.41) is 0. The lowest BCUT2D eigenvalue weighted by molar-refractivity contribution is -0.172. The summed E-state index contributed by atoms with van der Waals surface area (Å²) in [6.45, 7) is 7.83. The van der Waals surface area contributed by atoms with Crippen LogP contribution in [-0.2, 0) is 19.1 Å². The number of carbonyl (C=O) groups is 2. The molecule has 0 aromatic heterocycles. The van der Waals surface area contributed by atoms with Crippen molar-refractivity contribution in [1.82, 2.24) is 0 Å². The van der Waals surface area contributed by atoms with E-state index in [1.165, 1.54) is 52.1 Å². The zero-order chi connectivity index (χ0) is 20.9. The Morgan fingerprint density at radius 3 is 2.41 bits per heavy atom. The second-order valence-electron chi connectivity index (χ2n) is 11.3. The van der Waals surface area contributed by atoms with E-state index in [2.05, 4.69) is 37.7 Å². The van der Waals surface area contributed by atoms with Crippen molar-refractivity contribution in [2.45, 2.75) is 85.0 Å². The first-order chi connectivity index (χ1) is 13.6. The fraction of sp³-hybridized carbons (Fsp3) is 0.840. The third-order valence-electron chi connectivity index (χ3n) is 9.37. The topological polar surface area (TPSA) is 52.6 Å². The highest BCUT2D eigenvalue weighted by atomic mass is 16.5. The molecule has 0 N–H and O–H groups in total. The molecule has 4 aliphatic rings. The fourth-order valence-corrected chi connectivity index (χ4v) is 8.06. The molecule has 162 valence electrons. The molecule has 4 aliphatic carbocycles. The van der Waals surface area contributed by atoms with Crippen LogP contribution in [-0.4, -0.2) is 25.7 Å². The second-order valence-corrected chi connectivity index (χ2v) is 11.3. The van der Waals surface area contributed by atoms with Crippen molar-refractivity contribution in [3.05, 3.63) is 12.2 Å².